The predicted octanol–water partition coefficient (Wildman–Crippen LogP) is 4.40. The maximum atomic E-state index is 12.8. The number of methoxy groups -OCH3 is 1. The highest BCUT2D eigenvalue weighted by atomic mass is 19.4. The van der Waals surface area contributed by atoms with Gasteiger partial charge in [-0.25, -0.2) is 0 Å². The Morgan fingerprint density at radius 1 is 1.00 bits per heavy atom. The first kappa shape index (κ1) is 27.5. The molecule has 2 N–H and O–H groups in total. The maximum absolute atomic E-state index is 12.8. The number of nitrogens with one attached hydrogen (secondary N) is 2. The van der Waals surface area contributed by atoms with E-state index in [1.54, 1.807) is 43.5 Å². The Bertz CT molecular complexity index is 1330. The zero-order chi connectivity index (χ0) is 28.0. The van der Waals surface area contributed by atoms with Crippen LogP contribution in [0.4, 0.5) is 24.5 Å². The number of halogens is 3. The van der Waals surface area contributed by atoms with E-state index in [9.17, 15) is 27.6 Å². The Labute approximate surface area is 222 Å². The minimum absolute atomic E-state index is 0.00362. The van der Waals surface area contributed by atoms with Crippen molar-refractivity contribution in [3.63, 3.8) is 0 Å². The smallest absolute Gasteiger partial charge is 0.416 e. The van der Waals surface area contributed by atoms with Crippen LogP contribution in [0.5, 0.6) is 11.5 Å². The molecule has 11 heteroatoms. The van der Waals surface area contributed by atoms with Crippen LogP contribution in [-0.2, 0) is 27.1 Å². The molecule has 39 heavy (non-hydrogen) atoms. The van der Waals surface area contributed by atoms with Crippen LogP contribution in [0.2, 0.25) is 0 Å². The number of anilines is 2. The summed E-state index contributed by atoms with van der Waals surface area (Å²) >= 11 is 0. The molecule has 0 spiro atoms. The molecule has 3 amide bonds. The molecule has 4 rings (SSSR count). The van der Waals surface area contributed by atoms with E-state index in [0.717, 1.165) is 23.4 Å². The van der Waals surface area contributed by atoms with Crippen LogP contribution >= 0.6 is 0 Å². The van der Waals surface area contributed by atoms with E-state index in [1.165, 1.54) is 17.0 Å². The van der Waals surface area contributed by atoms with Crippen molar-refractivity contribution >= 4 is 29.1 Å². The second-order valence-electron chi connectivity index (χ2n) is 8.88. The van der Waals surface area contributed by atoms with Crippen LogP contribution in [0.1, 0.15) is 17.5 Å². The summed E-state index contributed by atoms with van der Waals surface area (Å²) in [5.41, 5.74) is 0.616. The van der Waals surface area contributed by atoms with E-state index in [1.807, 2.05) is 12.1 Å². The van der Waals surface area contributed by atoms with Crippen LogP contribution in [0, 0.1) is 5.92 Å². The van der Waals surface area contributed by atoms with Gasteiger partial charge in [-0.1, -0.05) is 18.2 Å². The molecule has 3 aromatic carbocycles. The molecule has 0 aromatic heterocycles. The average Bonchev–Trinajstić information content (AvgIpc) is 3.32. The fourth-order valence-electron chi connectivity index (χ4n) is 4.05. The first-order valence-corrected chi connectivity index (χ1v) is 12.0. The van der Waals surface area contributed by atoms with Gasteiger partial charge < -0.3 is 25.0 Å². The van der Waals surface area contributed by atoms with Gasteiger partial charge in [0, 0.05) is 30.9 Å². The Hall–Kier alpha value is -4.54. The number of hydrogen-bond acceptors (Lipinski definition) is 5. The largest absolute Gasteiger partial charge is 0.497 e. The van der Waals surface area contributed by atoms with Gasteiger partial charge in [0.25, 0.3) is 5.91 Å². The van der Waals surface area contributed by atoms with E-state index in [4.69, 9.17) is 9.47 Å². The first-order valence-electron chi connectivity index (χ1n) is 12.0. The number of carbonyl (C=O) groups is 3. The van der Waals surface area contributed by atoms with Crippen molar-refractivity contribution in [1.82, 2.24) is 5.32 Å². The summed E-state index contributed by atoms with van der Waals surface area (Å²) in [6.45, 7) is 0.141. The van der Waals surface area contributed by atoms with Gasteiger partial charge in [0.1, 0.15) is 11.5 Å². The van der Waals surface area contributed by atoms with Crippen molar-refractivity contribution in [1.29, 1.82) is 0 Å². The van der Waals surface area contributed by atoms with Crippen LogP contribution in [0.25, 0.3) is 0 Å². The quantitative estimate of drug-likeness (QED) is 0.419. The van der Waals surface area contributed by atoms with Gasteiger partial charge >= 0.3 is 6.18 Å². The molecule has 1 aliphatic rings. The van der Waals surface area contributed by atoms with Crippen LogP contribution in [0.15, 0.2) is 72.8 Å². The van der Waals surface area contributed by atoms with E-state index in [2.05, 4.69) is 10.6 Å². The van der Waals surface area contributed by atoms with Gasteiger partial charge in [0.15, 0.2) is 6.61 Å². The highest BCUT2D eigenvalue weighted by Crippen LogP contribution is 2.31. The molecule has 0 bridgehead atoms. The number of alkyl halides is 3. The second kappa shape index (κ2) is 11.9. The molecule has 0 aliphatic carbocycles. The molecule has 0 saturated carbocycles. The van der Waals surface area contributed by atoms with E-state index in [0.29, 0.717) is 18.0 Å². The Balaban J connectivity index is 1.26. The molecule has 0 unspecified atom stereocenters. The zero-order valence-electron chi connectivity index (χ0n) is 21.0. The number of hydrogen-bond donors (Lipinski definition) is 2. The van der Waals surface area contributed by atoms with Gasteiger partial charge in [-0.15, -0.1) is 0 Å². The molecule has 1 saturated heterocycles. The van der Waals surface area contributed by atoms with Gasteiger partial charge in [-0.05, 0) is 60.2 Å². The minimum atomic E-state index is -4.52. The third-order valence-electron chi connectivity index (χ3n) is 6.11. The fraction of sp³-hybridized carbons (Fsp3) is 0.250. The summed E-state index contributed by atoms with van der Waals surface area (Å²) in [6.07, 6.45) is -4.43. The summed E-state index contributed by atoms with van der Waals surface area (Å²) in [5, 5.41) is 5.23. The molecule has 0 radical (unpaired) electrons. The predicted molar refractivity (Wildman–Crippen MR) is 137 cm³/mol. The van der Waals surface area contributed by atoms with Crippen molar-refractivity contribution in [2.45, 2.75) is 19.1 Å². The number of rotatable bonds is 9. The Kier molecular flexibility index (Phi) is 8.38. The van der Waals surface area contributed by atoms with Crippen LogP contribution < -0.4 is 25.0 Å². The number of benzene rings is 3. The lowest BCUT2D eigenvalue weighted by molar-refractivity contribution is -0.137. The maximum Gasteiger partial charge on any atom is 0.416 e. The second-order valence-corrected chi connectivity index (χ2v) is 8.88. The molecule has 204 valence electrons. The zero-order valence-corrected chi connectivity index (χ0v) is 21.0. The van der Waals surface area contributed by atoms with Crippen molar-refractivity contribution in [3.05, 3.63) is 83.9 Å². The molecular formula is C28H26F3N3O5. The summed E-state index contributed by atoms with van der Waals surface area (Å²) < 4.78 is 49.1. The summed E-state index contributed by atoms with van der Waals surface area (Å²) in [4.78, 5) is 38.8. The normalized spacial score (nSPS) is 15.1. The molecule has 3 aromatic rings. The van der Waals surface area contributed by atoms with Crippen molar-refractivity contribution < 1.29 is 37.0 Å². The molecule has 1 fully saturated rings. The van der Waals surface area contributed by atoms with Gasteiger partial charge in [-0.3, -0.25) is 14.4 Å². The lowest BCUT2D eigenvalue weighted by Gasteiger charge is -2.17. The topological polar surface area (TPSA) is 97.0 Å². The van der Waals surface area contributed by atoms with Gasteiger partial charge in [0.2, 0.25) is 11.8 Å². The van der Waals surface area contributed by atoms with Gasteiger partial charge in [0.05, 0.1) is 18.6 Å². The number of nitrogens with zero attached hydrogens (tertiary/aromatic N) is 1. The number of amides is 3. The Morgan fingerprint density at radius 2 is 1.69 bits per heavy atom. The third-order valence-corrected chi connectivity index (χ3v) is 6.11. The van der Waals surface area contributed by atoms with E-state index < -0.39 is 30.2 Å². The van der Waals surface area contributed by atoms with E-state index >= 15 is 0 Å². The highest BCUT2D eigenvalue weighted by molar-refractivity contribution is 6.00. The molecule has 1 aliphatic heterocycles. The summed E-state index contributed by atoms with van der Waals surface area (Å²) in [7, 11) is 1.58. The number of carbonyl (C=O) groups excluding carboxylic acids is 3. The molecule has 1 heterocycles. The lowest BCUT2D eigenvalue weighted by atomic mass is 10.1. The fourth-order valence-corrected chi connectivity index (χ4v) is 4.05. The summed E-state index contributed by atoms with van der Waals surface area (Å²) in [5.74, 6) is -0.472. The standard InChI is InChI=1S/C28H26F3N3O5/c1-38-23-9-5-18(6-10-23)15-32-27(37)19-13-26(36)34(16-19)22-7-11-24(12-8-22)39-17-25(35)33-21-4-2-3-20(14-21)28(29,30)31/h2-12,14,19H,13,15-17H2,1H3,(H,32,37)(H,33,35)/t19-/m1/s1. The number of ether oxygens (including phenoxy) is 2. The average molecular weight is 542 g/mol. The van der Waals surface area contributed by atoms with Crippen molar-refractivity contribution in [2.75, 3.05) is 30.5 Å². The first-order chi connectivity index (χ1) is 18.6. The van der Waals surface area contributed by atoms with Gasteiger partial charge in [-0.2, -0.15) is 13.2 Å². The van der Waals surface area contributed by atoms with E-state index in [-0.39, 0.29) is 30.5 Å². The lowest BCUT2D eigenvalue weighted by Crippen LogP contribution is -2.32. The summed E-state index contributed by atoms with van der Waals surface area (Å²) in [6, 6.07) is 18.0. The minimum Gasteiger partial charge on any atom is -0.497 e. The van der Waals surface area contributed by atoms with Crippen molar-refractivity contribution in [2.24, 2.45) is 5.92 Å². The van der Waals surface area contributed by atoms with Crippen LogP contribution in [0.3, 0.4) is 0 Å². The molecular weight excluding hydrogens is 515 g/mol. The van der Waals surface area contributed by atoms with Crippen LogP contribution in [-0.4, -0.2) is 38.0 Å². The highest BCUT2D eigenvalue weighted by Gasteiger charge is 2.35. The van der Waals surface area contributed by atoms with Crippen molar-refractivity contribution in [3.8, 4) is 11.5 Å². The SMILES string of the molecule is COc1ccc(CNC(=O)[C@@H]2CC(=O)N(c3ccc(OCC(=O)Nc4cccc(C(F)(F)F)c4)cc3)C2)cc1. The molecule has 1 atom stereocenters. The Morgan fingerprint density at radius 3 is 2.36 bits per heavy atom. The molecule has 8 nitrogen and oxygen atoms in total. The third kappa shape index (κ3) is 7.28. The monoisotopic (exact) mass is 541 g/mol.